The molecule has 0 aromatic carbocycles. The van der Waals surface area contributed by atoms with Crippen molar-refractivity contribution >= 4 is 11.8 Å². The molecule has 6 nitrogen and oxygen atoms in total. The van der Waals surface area contributed by atoms with E-state index in [1.807, 2.05) is 0 Å². The molecule has 0 bridgehead atoms. The molecule has 3 N–H and O–H groups in total. The first-order chi connectivity index (χ1) is 7.74. The number of aromatic nitrogens is 2. The average molecular weight is 222 g/mol. The van der Waals surface area contributed by atoms with Gasteiger partial charge in [0.05, 0.1) is 6.61 Å². The summed E-state index contributed by atoms with van der Waals surface area (Å²) in [5.41, 5.74) is -0.0836. The van der Waals surface area contributed by atoms with Crippen LogP contribution in [-0.2, 0) is 0 Å². The predicted octanol–water partition coefficient (Wildman–Crippen LogP) is 0.371. The summed E-state index contributed by atoms with van der Waals surface area (Å²) in [6.45, 7) is 0.619. The molecular formula is C10H14N4O2. The summed E-state index contributed by atoms with van der Waals surface area (Å²) in [7, 11) is 0. The first-order valence-corrected chi connectivity index (χ1v) is 5.18. The molecule has 1 aromatic rings. The van der Waals surface area contributed by atoms with Crippen LogP contribution in [0.15, 0.2) is 18.3 Å². The summed E-state index contributed by atoms with van der Waals surface area (Å²) < 4.78 is 0. The summed E-state index contributed by atoms with van der Waals surface area (Å²) in [4.78, 5) is 11.4. The molecule has 2 rings (SSSR count). The highest BCUT2D eigenvalue weighted by molar-refractivity contribution is 5.88. The Hall–Kier alpha value is -1.69. The minimum Gasteiger partial charge on any atom is -0.396 e. The third-order valence-electron chi connectivity index (χ3n) is 2.73. The monoisotopic (exact) mass is 222 g/mol. The van der Waals surface area contributed by atoms with Crippen LogP contribution in [0.25, 0.3) is 0 Å². The second kappa shape index (κ2) is 4.44. The van der Waals surface area contributed by atoms with E-state index in [0.717, 1.165) is 12.8 Å². The number of carbonyl (C=O) groups is 1. The summed E-state index contributed by atoms with van der Waals surface area (Å²) in [6.07, 6.45) is 3.47. The predicted molar refractivity (Wildman–Crippen MR) is 57.8 cm³/mol. The second-order valence-corrected chi connectivity index (χ2v) is 4.07. The average Bonchev–Trinajstić information content (AvgIpc) is 3.09. The van der Waals surface area contributed by atoms with Crippen LogP contribution in [0.4, 0.5) is 10.6 Å². The molecule has 0 unspecified atom stereocenters. The lowest BCUT2D eigenvalue weighted by Crippen LogP contribution is -2.35. The van der Waals surface area contributed by atoms with Gasteiger partial charge in [-0.2, -0.15) is 5.10 Å². The Balaban J connectivity index is 1.77. The molecular weight excluding hydrogens is 208 g/mol. The van der Waals surface area contributed by atoms with Gasteiger partial charge in [-0.1, -0.05) is 0 Å². The molecule has 1 saturated carbocycles. The Bertz CT molecular complexity index is 364. The first kappa shape index (κ1) is 10.8. The second-order valence-electron chi connectivity index (χ2n) is 4.07. The van der Waals surface area contributed by atoms with Gasteiger partial charge in [0, 0.05) is 18.2 Å². The molecule has 0 saturated heterocycles. The summed E-state index contributed by atoms with van der Waals surface area (Å²) in [5, 5.41) is 21.7. The van der Waals surface area contributed by atoms with E-state index < -0.39 is 0 Å². The lowest BCUT2D eigenvalue weighted by Gasteiger charge is -2.12. The molecule has 1 aromatic heterocycles. The third-order valence-corrected chi connectivity index (χ3v) is 2.73. The van der Waals surface area contributed by atoms with E-state index in [2.05, 4.69) is 20.8 Å². The van der Waals surface area contributed by atoms with Crippen molar-refractivity contribution in [3.05, 3.63) is 18.3 Å². The quantitative estimate of drug-likeness (QED) is 0.687. The fraction of sp³-hybridized carbons (Fsp3) is 0.500. The van der Waals surface area contributed by atoms with Crippen LogP contribution in [0.3, 0.4) is 0 Å². The van der Waals surface area contributed by atoms with E-state index in [0.29, 0.717) is 12.4 Å². The molecule has 1 heterocycles. The fourth-order valence-electron chi connectivity index (χ4n) is 1.36. The smallest absolute Gasteiger partial charge is 0.320 e. The number of urea groups is 1. The summed E-state index contributed by atoms with van der Waals surface area (Å²) in [6, 6.07) is 3.03. The Labute approximate surface area is 93.1 Å². The van der Waals surface area contributed by atoms with Crippen molar-refractivity contribution in [2.24, 2.45) is 5.41 Å². The van der Waals surface area contributed by atoms with E-state index in [1.54, 1.807) is 12.1 Å². The van der Waals surface area contributed by atoms with Crippen molar-refractivity contribution in [1.29, 1.82) is 0 Å². The van der Waals surface area contributed by atoms with Crippen LogP contribution in [0.2, 0.25) is 0 Å². The van der Waals surface area contributed by atoms with Gasteiger partial charge in [-0.25, -0.2) is 4.79 Å². The highest BCUT2D eigenvalue weighted by Crippen LogP contribution is 2.44. The maximum absolute atomic E-state index is 11.4. The molecule has 16 heavy (non-hydrogen) atoms. The van der Waals surface area contributed by atoms with Gasteiger partial charge in [-0.05, 0) is 25.0 Å². The Morgan fingerprint density at radius 1 is 1.56 bits per heavy atom. The van der Waals surface area contributed by atoms with Gasteiger partial charge in [0.15, 0.2) is 5.82 Å². The Morgan fingerprint density at radius 2 is 2.38 bits per heavy atom. The molecule has 6 heteroatoms. The maximum Gasteiger partial charge on any atom is 0.320 e. The summed E-state index contributed by atoms with van der Waals surface area (Å²) in [5.74, 6) is 0.411. The SMILES string of the molecule is O=C(NCC1(CO)CC1)Nc1cccnn1. The van der Waals surface area contributed by atoms with Crippen molar-refractivity contribution in [3.8, 4) is 0 Å². The number of anilines is 1. The number of aliphatic hydroxyl groups is 1. The standard InChI is InChI=1S/C10H14N4O2/c15-7-10(3-4-10)6-11-9(16)13-8-2-1-5-12-14-8/h1-2,5,15H,3-4,6-7H2,(H2,11,13,14,16). The van der Waals surface area contributed by atoms with Crippen molar-refractivity contribution in [2.45, 2.75) is 12.8 Å². The lowest BCUT2D eigenvalue weighted by molar-refractivity contribution is 0.206. The van der Waals surface area contributed by atoms with Crippen LogP contribution in [-0.4, -0.2) is 34.5 Å². The van der Waals surface area contributed by atoms with Crippen molar-refractivity contribution in [2.75, 3.05) is 18.5 Å². The zero-order valence-corrected chi connectivity index (χ0v) is 8.81. The van der Waals surface area contributed by atoms with Crippen molar-refractivity contribution in [3.63, 3.8) is 0 Å². The van der Waals surface area contributed by atoms with Crippen LogP contribution in [0, 0.1) is 5.41 Å². The van der Waals surface area contributed by atoms with E-state index in [1.165, 1.54) is 6.20 Å². The van der Waals surface area contributed by atoms with Crippen LogP contribution in [0.1, 0.15) is 12.8 Å². The molecule has 1 aliphatic rings. The number of carbonyl (C=O) groups excluding carboxylic acids is 1. The zero-order chi connectivity index (χ0) is 11.4. The van der Waals surface area contributed by atoms with Crippen LogP contribution < -0.4 is 10.6 Å². The molecule has 0 aliphatic heterocycles. The zero-order valence-electron chi connectivity index (χ0n) is 8.81. The number of aliphatic hydroxyl groups excluding tert-OH is 1. The third kappa shape index (κ3) is 2.66. The maximum atomic E-state index is 11.4. The Kier molecular flexibility index (Phi) is 3.00. The molecule has 2 amide bonds. The molecule has 1 aliphatic carbocycles. The number of hydrogen-bond donors (Lipinski definition) is 3. The van der Waals surface area contributed by atoms with E-state index in [4.69, 9.17) is 5.11 Å². The van der Waals surface area contributed by atoms with E-state index in [-0.39, 0.29) is 18.1 Å². The number of amides is 2. The summed E-state index contributed by atoms with van der Waals surface area (Å²) >= 11 is 0. The van der Waals surface area contributed by atoms with Gasteiger partial charge in [0.1, 0.15) is 0 Å². The lowest BCUT2D eigenvalue weighted by atomic mass is 10.1. The number of nitrogens with zero attached hydrogens (tertiary/aromatic N) is 2. The molecule has 0 atom stereocenters. The molecule has 86 valence electrons. The first-order valence-electron chi connectivity index (χ1n) is 5.18. The Morgan fingerprint density at radius 3 is 2.94 bits per heavy atom. The topological polar surface area (TPSA) is 87.1 Å². The highest BCUT2D eigenvalue weighted by Gasteiger charge is 2.42. The van der Waals surface area contributed by atoms with Gasteiger partial charge in [-0.15, -0.1) is 5.10 Å². The number of nitrogens with one attached hydrogen (secondary N) is 2. The highest BCUT2D eigenvalue weighted by atomic mass is 16.3. The van der Waals surface area contributed by atoms with Gasteiger partial charge in [0.25, 0.3) is 0 Å². The normalized spacial score (nSPS) is 16.6. The van der Waals surface area contributed by atoms with E-state index in [9.17, 15) is 4.79 Å². The van der Waals surface area contributed by atoms with Crippen molar-refractivity contribution < 1.29 is 9.90 Å². The van der Waals surface area contributed by atoms with Gasteiger partial charge in [0.2, 0.25) is 0 Å². The van der Waals surface area contributed by atoms with Crippen LogP contribution in [0.5, 0.6) is 0 Å². The number of rotatable bonds is 4. The van der Waals surface area contributed by atoms with Gasteiger partial charge < -0.3 is 10.4 Å². The van der Waals surface area contributed by atoms with Crippen LogP contribution >= 0.6 is 0 Å². The molecule has 1 fully saturated rings. The number of hydrogen-bond acceptors (Lipinski definition) is 4. The minimum atomic E-state index is -0.319. The molecule has 0 spiro atoms. The fourth-order valence-corrected chi connectivity index (χ4v) is 1.36. The van der Waals surface area contributed by atoms with E-state index >= 15 is 0 Å². The van der Waals surface area contributed by atoms with Gasteiger partial charge >= 0.3 is 6.03 Å². The largest absolute Gasteiger partial charge is 0.396 e. The minimum absolute atomic E-state index is 0.0836. The molecule has 0 radical (unpaired) electrons. The van der Waals surface area contributed by atoms with Crippen molar-refractivity contribution in [1.82, 2.24) is 15.5 Å². The van der Waals surface area contributed by atoms with Gasteiger partial charge in [-0.3, -0.25) is 5.32 Å².